The van der Waals surface area contributed by atoms with Crippen molar-refractivity contribution in [2.45, 2.75) is 39.2 Å². The van der Waals surface area contributed by atoms with Gasteiger partial charge in [0.2, 0.25) is 0 Å². The normalized spacial score (nSPS) is 31.4. The number of carbonyl (C=O) groups is 2. The Balaban J connectivity index is 1.79. The van der Waals surface area contributed by atoms with Crippen molar-refractivity contribution >= 4 is 29.7 Å². The van der Waals surface area contributed by atoms with Crippen molar-refractivity contribution in [2.75, 3.05) is 0 Å². The Hall–Kier alpha value is -1.88. The molecule has 23 heavy (non-hydrogen) atoms. The van der Waals surface area contributed by atoms with Gasteiger partial charge in [0.05, 0.1) is 11.6 Å². The SMILES string of the molecule is CC1(C)[C@@]2(C)CC[C@@]1(C(=O)N/N=C\c1ccccc1Cl)OC2=O. The summed E-state index contributed by atoms with van der Waals surface area (Å²) < 4.78 is 5.50. The number of ether oxygens (including phenoxy) is 1. The largest absolute Gasteiger partial charge is 0.448 e. The molecule has 0 spiro atoms. The fraction of sp³-hybridized carbons (Fsp3) is 0.471. The van der Waals surface area contributed by atoms with Crippen molar-refractivity contribution < 1.29 is 14.3 Å². The van der Waals surface area contributed by atoms with E-state index in [0.717, 1.165) is 0 Å². The van der Waals surface area contributed by atoms with Crippen molar-refractivity contribution in [2.24, 2.45) is 15.9 Å². The summed E-state index contributed by atoms with van der Waals surface area (Å²) in [4.78, 5) is 24.8. The fourth-order valence-electron chi connectivity index (χ4n) is 3.58. The van der Waals surface area contributed by atoms with Gasteiger partial charge in [0.1, 0.15) is 0 Å². The zero-order valence-corrected chi connectivity index (χ0v) is 14.1. The van der Waals surface area contributed by atoms with Gasteiger partial charge in [0.15, 0.2) is 5.60 Å². The Kier molecular flexibility index (Phi) is 3.52. The molecular weight excluding hydrogens is 316 g/mol. The van der Waals surface area contributed by atoms with E-state index in [0.29, 0.717) is 23.4 Å². The van der Waals surface area contributed by atoms with Gasteiger partial charge in [-0.25, -0.2) is 5.43 Å². The van der Waals surface area contributed by atoms with E-state index >= 15 is 0 Å². The topological polar surface area (TPSA) is 67.8 Å². The van der Waals surface area contributed by atoms with Crippen LogP contribution >= 0.6 is 11.6 Å². The Bertz CT molecular complexity index is 716. The number of esters is 1. The predicted octanol–water partition coefficient (Wildman–Crippen LogP) is 2.91. The van der Waals surface area contributed by atoms with Gasteiger partial charge in [0, 0.05) is 16.0 Å². The lowest BCUT2D eigenvalue weighted by molar-refractivity contribution is -0.168. The molecule has 1 heterocycles. The first-order chi connectivity index (χ1) is 10.7. The van der Waals surface area contributed by atoms with E-state index in [1.807, 2.05) is 32.9 Å². The molecule has 1 saturated heterocycles. The molecule has 1 N–H and O–H groups in total. The smallest absolute Gasteiger partial charge is 0.313 e. The summed E-state index contributed by atoms with van der Waals surface area (Å²) in [6.45, 7) is 5.68. The molecule has 6 heteroatoms. The van der Waals surface area contributed by atoms with Crippen LogP contribution in [-0.4, -0.2) is 23.7 Å². The van der Waals surface area contributed by atoms with E-state index in [4.69, 9.17) is 16.3 Å². The third-order valence-corrected chi connectivity index (χ3v) is 6.07. The molecule has 1 aliphatic heterocycles. The quantitative estimate of drug-likeness (QED) is 0.525. The zero-order chi connectivity index (χ0) is 16.9. The van der Waals surface area contributed by atoms with E-state index in [9.17, 15) is 9.59 Å². The summed E-state index contributed by atoms with van der Waals surface area (Å²) in [7, 11) is 0. The average molecular weight is 335 g/mol. The van der Waals surface area contributed by atoms with Gasteiger partial charge in [-0.05, 0) is 25.8 Å². The van der Waals surface area contributed by atoms with E-state index in [2.05, 4.69) is 10.5 Å². The van der Waals surface area contributed by atoms with Crippen LogP contribution in [0.1, 0.15) is 39.2 Å². The van der Waals surface area contributed by atoms with Crippen LogP contribution in [0.15, 0.2) is 29.4 Å². The molecular formula is C17H19ClN2O3. The van der Waals surface area contributed by atoms with Crippen molar-refractivity contribution in [3.05, 3.63) is 34.9 Å². The maximum Gasteiger partial charge on any atom is 0.313 e. The second-order valence-corrected chi connectivity index (χ2v) is 7.30. The standard InChI is InChI=1S/C17H19ClN2O3/c1-15(2)16(3)8-9-17(15,23-14(16)22)13(21)20-19-10-11-6-4-5-7-12(11)18/h4-7,10H,8-9H2,1-3H3,(H,20,21)/b19-10-/t16-,17-/m0/s1. The Morgan fingerprint density at radius 3 is 2.57 bits per heavy atom. The Morgan fingerprint density at radius 1 is 1.30 bits per heavy atom. The van der Waals surface area contributed by atoms with E-state index < -0.39 is 16.4 Å². The van der Waals surface area contributed by atoms with Crippen LogP contribution in [0.25, 0.3) is 0 Å². The van der Waals surface area contributed by atoms with Crippen molar-refractivity contribution in [1.29, 1.82) is 0 Å². The number of carbonyl (C=O) groups excluding carboxylic acids is 2. The first kappa shape index (κ1) is 16.0. The Morgan fingerprint density at radius 2 is 2.00 bits per heavy atom. The number of rotatable bonds is 3. The number of halogens is 1. The van der Waals surface area contributed by atoms with Gasteiger partial charge in [-0.15, -0.1) is 0 Å². The molecule has 1 amide bonds. The molecule has 2 aliphatic rings. The third kappa shape index (κ3) is 2.02. The summed E-state index contributed by atoms with van der Waals surface area (Å²) in [5.41, 5.74) is 0.840. The summed E-state index contributed by atoms with van der Waals surface area (Å²) in [5.74, 6) is -0.695. The van der Waals surface area contributed by atoms with Crippen molar-refractivity contribution in [3.63, 3.8) is 0 Å². The number of nitrogens with one attached hydrogen (secondary N) is 1. The van der Waals surface area contributed by atoms with Gasteiger partial charge in [0.25, 0.3) is 5.91 Å². The molecule has 1 saturated carbocycles. The van der Waals surface area contributed by atoms with Gasteiger partial charge in [-0.2, -0.15) is 5.10 Å². The zero-order valence-electron chi connectivity index (χ0n) is 13.4. The van der Waals surface area contributed by atoms with Gasteiger partial charge >= 0.3 is 5.97 Å². The van der Waals surface area contributed by atoms with Crippen LogP contribution in [-0.2, 0) is 14.3 Å². The number of benzene rings is 1. The summed E-state index contributed by atoms with van der Waals surface area (Å²) in [6.07, 6.45) is 2.63. The highest BCUT2D eigenvalue weighted by Crippen LogP contribution is 2.65. The van der Waals surface area contributed by atoms with Gasteiger partial charge in [-0.1, -0.05) is 43.6 Å². The van der Waals surface area contributed by atoms with Crippen molar-refractivity contribution in [1.82, 2.24) is 5.43 Å². The van der Waals surface area contributed by atoms with E-state index in [1.54, 1.807) is 12.1 Å². The molecule has 1 aliphatic carbocycles. The number of nitrogens with zero attached hydrogens (tertiary/aromatic N) is 1. The van der Waals surface area contributed by atoms with E-state index in [-0.39, 0.29) is 11.9 Å². The van der Waals surface area contributed by atoms with Crippen LogP contribution in [0.2, 0.25) is 5.02 Å². The number of hydrogen-bond acceptors (Lipinski definition) is 4. The lowest BCUT2D eigenvalue weighted by atomic mass is 9.66. The minimum atomic E-state index is -1.16. The third-order valence-electron chi connectivity index (χ3n) is 5.73. The maximum absolute atomic E-state index is 12.7. The predicted molar refractivity (Wildman–Crippen MR) is 87.1 cm³/mol. The molecule has 1 aromatic rings. The Labute approximate surface area is 140 Å². The molecule has 0 radical (unpaired) electrons. The number of hydrogen-bond donors (Lipinski definition) is 1. The highest BCUT2D eigenvalue weighted by Gasteiger charge is 2.75. The second kappa shape index (κ2) is 5.06. The molecule has 5 nitrogen and oxygen atoms in total. The summed E-state index contributed by atoms with van der Waals surface area (Å²) in [6, 6.07) is 7.19. The molecule has 0 unspecified atom stereocenters. The monoisotopic (exact) mass is 334 g/mol. The van der Waals surface area contributed by atoms with Crippen LogP contribution in [0.4, 0.5) is 0 Å². The minimum Gasteiger partial charge on any atom is -0.448 e. The second-order valence-electron chi connectivity index (χ2n) is 6.89. The lowest BCUT2D eigenvalue weighted by Crippen LogP contribution is -2.52. The highest BCUT2D eigenvalue weighted by atomic mass is 35.5. The molecule has 2 atom stereocenters. The van der Waals surface area contributed by atoms with Crippen LogP contribution < -0.4 is 5.43 Å². The number of fused-ring (bicyclic) bond motifs is 2. The molecule has 122 valence electrons. The highest BCUT2D eigenvalue weighted by molar-refractivity contribution is 6.33. The molecule has 2 bridgehead atoms. The first-order valence-electron chi connectivity index (χ1n) is 7.56. The fourth-order valence-corrected chi connectivity index (χ4v) is 3.76. The molecule has 1 aromatic carbocycles. The van der Waals surface area contributed by atoms with E-state index in [1.165, 1.54) is 6.21 Å². The van der Waals surface area contributed by atoms with Gasteiger partial charge < -0.3 is 4.74 Å². The summed E-state index contributed by atoms with van der Waals surface area (Å²) >= 11 is 6.04. The lowest BCUT2D eigenvalue weighted by Gasteiger charge is -2.34. The molecule has 0 aromatic heterocycles. The first-order valence-corrected chi connectivity index (χ1v) is 7.94. The van der Waals surface area contributed by atoms with Crippen molar-refractivity contribution in [3.8, 4) is 0 Å². The van der Waals surface area contributed by atoms with Gasteiger partial charge in [-0.3, -0.25) is 9.59 Å². The number of hydrazone groups is 1. The maximum atomic E-state index is 12.7. The molecule has 2 fully saturated rings. The number of amides is 1. The molecule has 3 rings (SSSR count). The van der Waals surface area contributed by atoms with Crippen LogP contribution in [0.5, 0.6) is 0 Å². The van der Waals surface area contributed by atoms with Crippen LogP contribution in [0.3, 0.4) is 0 Å². The minimum absolute atomic E-state index is 0.306. The van der Waals surface area contributed by atoms with Crippen LogP contribution in [0, 0.1) is 10.8 Å². The summed E-state index contributed by atoms with van der Waals surface area (Å²) in [5, 5.41) is 4.52. The average Bonchev–Trinajstić information content (AvgIpc) is 2.79.